The Morgan fingerprint density at radius 2 is 2.00 bits per heavy atom. The molecule has 136 valence electrons. The number of carbonyl (C=O) groups excluding carboxylic acids is 1. The van der Waals surface area contributed by atoms with Gasteiger partial charge in [0.2, 0.25) is 0 Å². The molecule has 0 aliphatic carbocycles. The van der Waals surface area contributed by atoms with Crippen LogP contribution in [0.4, 0.5) is 4.79 Å². The van der Waals surface area contributed by atoms with Gasteiger partial charge in [0.05, 0.1) is 12.0 Å². The molecule has 0 aliphatic heterocycles. The Morgan fingerprint density at radius 3 is 2.56 bits per heavy atom. The highest BCUT2D eigenvalue weighted by Crippen LogP contribution is 2.22. The number of aliphatic hydroxyl groups is 1. The zero-order chi connectivity index (χ0) is 19.0. The van der Waals surface area contributed by atoms with Crippen LogP contribution >= 0.6 is 0 Å². The number of rotatable bonds is 6. The van der Waals surface area contributed by atoms with Gasteiger partial charge < -0.3 is 19.9 Å². The molecule has 0 unspecified atom stereocenters. The van der Waals surface area contributed by atoms with Crippen molar-refractivity contribution in [3.05, 3.63) is 65.8 Å². The Kier molecular flexibility index (Phi) is 7.30. The first-order valence-electron chi connectivity index (χ1n) is 8.04. The third kappa shape index (κ3) is 7.61. The van der Waals surface area contributed by atoms with E-state index in [1.807, 2.05) is 45.0 Å². The molecule has 0 fully saturated rings. The number of hydrogen-bond donors (Lipinski definition) is 2. The van der Waals surface area contributed by atoms with E-state index < -0.39 is 11.7 Å². The molecule has 1 aromatic carbocycles. The lowest BCUT2D eigenvalue weighted by atomic mass is 10.0. The summed E-state index contributed by atoms with van der Waals surface area (Å²) in [6.45, 7) is 12.7. The summed E-state index contributed by atoms with van der Waals surface area (Å²) in [6, 6.07) is 7.53. The summed E-state index contributed by atoms with van der Waals surface area (Å²) in [6.07, 6.45) is 2.59. The average molecular weight is 345 g/mol. The van der Waals surface area contributed by atoms with E-state index in [9.17, 15) is 9.90 Å². The number of benzene rings is 1. The van der Waals surface area contributed by atoms with Crippen molar-refractivity contribution in [1.82, 2.24) is 5.32 Å². The number of allylic oxidation sites excluding steroid dienone is 4. The number of carbonyl (C=O) groups is 1. The minimum absolute atomic E-state index is 0.171. The fraction of sp³-hybridized carbons (Fsp3) is 0.350. The van der Waals surface area contributed by atoms with E-state index in [4.69, 9.17) is 9.47 Å². The van der Waals surface area contributed by atoms with Crippen molar-refractivity contribution in [3.63, 3.8) is 0 Å². The Bertz CT molecular complexity index is 677. The SMILES string of the molecule is C=COC(C)=C/C(=C(\C)O)c1cccc(CNC(=O)OC(C)(C)C)c1. The van der Waals surface area contributed by atoms with E-state index in [1.54, 1.807) is 19.9 Å². The molecule has 0 aliphatic rings. The summed E-state index contributed by atoms with van der Waals surface area (Å²) in [5, 5.41) is 12.7. The predicted octanol–water partition coefficient (Wildman–Crippen LogP) is 5.06. The molecular weight excluding hydrogens is 318 g/mol. The number of ether oxygens (including phenoxy) is 2. The van der Waals surface area contributed by atoms with Gasteiger partial charge in [0.25, 0.3) is 0 Å². The van der Waals surface area contributed by atoms with E-state index in [0.717, 1.165) is 11.1 Å². The zero-order valence-electron chi connectivity index (χ0n) is 15.6. The van der Waals surface area contributed by atoms with E-state index in [-0.39, 0.29) is 5.76 Å². The molecule has 0 saturated carbocycles. The molecule has 0 aromatic heterocycles. The Hall–Kier alpha value is -2.69. The molecule has 0 heterocycles. The maximum absolute atomic E-state index is 11.8. The molecule has 0 bridgehead atoms. The summed E-state index contributed by atoms with van der Waals surface area (Å²) in [4.78, 5) is 11.8. The fourth-order valence-corrected chi connectivity index (χ4v) is 2.10. The van der Waals surface area contributed by atoms with E-state index >= 15 is 0 Å². The van der Waals surface area contributed by atoms with Crippen LogP contribution < -0.4 is 5.32 Å². The van der Waals surface area contributed by atoms with Crippen molar-refractivity contribution in [2.75, 3.05) is 0 Å². The van der Waals surface area contributed by atoms with Crippen molar-refractivity contribution < 1.29 is 19.4 Å². The van der Waals surface area contributed by atoms with Gasteiger partial charge in [-0.05, 0) is 57.9 Å². The maximum atomic E-state index is 11.8. The van der Waals surface area contributed by atoms with Gasteiger partial charge in [-0.2, -0.15) is 0 Å². The van der Waals surface area contributed by atoms with Crippen LogP contribution in [0.5, 0.6) is 0 Å². The largest absolute Gasteiger partial charge is 0.512 e. The predicted molar refractivity (Wildman–Crippen MR) is 99.8 cm³/mol. The fourth-order valence-electron chi connectivity index (χ4n) is 2.10. The topological polar surface area (TPSA) is 67.8 Å². The number of aliphatic hydroxyl groups excluding tert-OH is 1. The van der Waals surface area contributed by atoms with Crippen molar-refractivity contribution in [1.29, 1.82) is 0 Å². The third-order valence-corrected chi connectivity index (χ3v) is 3.08. The molecule has 25 heavy (non-hydrogen) atoms. The first-order chi connectivity index (χ1) is 11.6. The second kappa shape index (κ2) is 8.97. The number of hydrogen-bond acceptors (Lipinski definition) is 4. The molecular formula is C20H27NO4. The average Bonchev–Trinajstić information content (AvgIpc) is 2.49. The Labute approximate surface area is 149 Å². The van der Waals surface area contributed by atoms with Gasteiger partial charge in [0, 0.05) is 12.1 Å². The first kappa shape index (κ1) is 20.4. The van der Waals surface area contributed by atoms with Gasteiger partial charge in [-0.15, -0.1) is 0 Å². The van der Waals surface area contributed by atoms with Crippen molar-refractivity contribution >= 4 is 11.7 Å². The molecule has 0 radical (unpaired) electrons. The summed E-state index contributed by atoms with van der Waals surface area (Å²) < 4.78 is 10.4. The van der Waals surface area contributed by atoms with Crippen LogP contribution in [0.2, 0.25) is 0 Å². The highest BCUT2D eigenvalue weighted by Gasteiger charge is 2.15. The maximum Gasteiger partial charge on any atom is 0.407 e. The minimum Gasteiger partial charge on any atom is -0.512 e. The molecule has 1 aromatic rings. The Balaban J connectivity index is 2.92. The lowest BCUT2D eigenvalue weighted by Gasteiger charge is -2.19. The molecule has 5 heteroatoms. The van der Waals surface area contributed by atoms with Crippen LogP contribution in [0, 0.1) is 0 Å². The quantitative estimate of drug-likeness (QED) is 0.558. The molecule has 2 N–H and O–H groups in total. The standard InChI is InChI=1S/C20H27NO4/c1-7-24-14(2)11-18(15(3)22)17-10-8-9-16(12-17)13-21-19(23)25-20(4,5)6/h7-12,22H,1,13H2,2-6H3,(H,21,23)/b14-11?,18-15-. The molecule has 0 atom stereocenters. The zero-order valence-corrected chi connectivity index (χ0v) is 15.6. The van der Waals surface area contributed by atoms with Crippen molar-refractivity contribution in [2.24, 2.45) is 0 Å². The highest BCUT2D eigenvalue weighted by atomic mass is 16.6. The summed E-state index contributed by atoms with van der Waals surface area (Å²) >= 11 is 0. The van der Waals surface area contributed by atoms with Gasteiger partial charge in [-0.25, -0.2) is 4.79 Å². The van der Waals surface area contributed by atoms with Gasteiger partial charge in [-0.1, -0.05) is 24.8 Å². The molecule has 5 nitrogen and oxygen atoms in total. The monoisotopic (exact) mass is 345 g/mol. The normalized spacial score (nSPS) is 12.9. The van der Waals surface area contributed by atoms with Gasteiger partial charge in [0.15, 0.2) is 0 Å². The first-order valence-corrected chi connectivity index (χ1v) is 8.04. The van der Waals surface area contributed by atoms with Crippen molar-refractivity contribution in [2.45, 2.75) is 46.8 Å². The summed E-state index contributed by atoms with van der Waals surface area (Å²) in [5.74, 6) is 0.778. The Morgan fingerprint density at radius 1 is 1.32 bits per heavy atom. The van der Waals surface area contributed by atoms with Crippen LogP contribution in [0.25, 0.3) is 5.57 Å². The second-order valence-corrected chi connectivity index (χ2v) is 6.59. The van der Waals surface area contributed by atoms with E-state index in [1.165, 1.54) is 6.26 Å². The molecule has 0 saturated heterocycles. The number of alkyl carbamates (subject to hydrolysis) is 1. The second-order valence-electron chi connectivity index (χ2n) is 6.59. The molecule has 1 amide bonds. The van der Waals surface area contributed by atoms with Gasteiger partial charge in [-0.3, -0.25) is 0 Å². The lowest BCUT2D eigenvalue weighted by Crippen LogP contribution is -2.32. The highest BCUT2D eigenvalue weighted by molar-refractivity contribution is 5.76. The van der Waals surface area contributed by atoms with E-state index in [2.05, 4.69) is 11.9 Å². The smallest absolute Gasteiger partial charge is 0.407 e. The van der Waals surface area contributed by atoms with Crippen molar-refractivity contribution in [3.8, 4) is 0 Å². The number of amides is 1. The number of nitrogens with one attached hydrogen (secondary N) is 1. The van der Waals surface area contributed by atoms with Gasteiger partial charge in [0.1, 0.15) is 11.4 Å². The lowest BCUT2D eigenvalue weighted by molar-refractivity contribution is 0.0523. The van der Waals surface area contributed by atoms with Crippen LogP contribution in [0.15, 0.2) is 54.7 Å². The third-order valence-electron chi connectivity index (χ3n) is 3.08. The van der Waals surface area contributed by atoms with Crippen LogP contribution in [0.1, 0.15) is 45.7 Å². The van der Waals surface area contributed by atoms with Gasteiger partial charge >= 0.3 is 6.09 Å². The minimum atomic E-state index is -0.538. The van der Waals surface area contributed by atoms with Crippen LogP contribution in [-0.4, -0.2) is 16.8 Å². The van der Waals surface area contributed by atoms with Crippen LogP contribution in [0.3, 0.4) is 0 Å². The summed E-state index contributed by atoms with van der Waals surface area (Å²) in [7, 11) is 0. The summed E-state index contributed by atoms with van der Waals surface area (Å²) in [5.41, 5.74) is 1.80. The molecule has 1 rings (SSSR count). The molecule has 0 spiro atoms. The van der Waals surface area contributed by atoms with Crippen LogP contribution in [-0.2, 0) is 16.0 Å². The van der Waals surface area contributed by atoms with E-state index in [0.29, 0.717) is 17.9 Å².